The summed E-state index contributed by atoms with van der Waals surface area (Å²) in [6.07, 6.45) is 0.110. The van der Waals surface area contributed by atoms with Gasteiger partial charge < -0.3 is 20.8 Å². The SMILES string of the molecule is O=C(CCNC(=O)c1ccc(C(=O)O)cc1)NCCO. The van der Waals surface area contributed by atoms with E-state index in [9.17, 15) is 14.4 Å². The van der Waals surface area contributed by atoms with Crippen LogP contribution in [-0.2, 0) is 4.79 Å². The van der Waals surface area contributed by atoms with E-state index >= 15 is 0 Å². The highest BCUT2D eigenvalue weighted by Crippen LogP contribution is 2.04. The monoisotopic (exact) mass is 280 g/mol. The summed E-state index contributed by atoms with van der Waals surface area (Å²) in [4.78, 5) is 33.5. The van der Waals surface area contributed by atoms with Gasteiger partial charge in [-0.2, -0.15) is 0 Å². The minimum atomic E-state index is -1.06. The summed E-state index contributed by atoms with van der Waals surface area (Å²) in [5, 5.41) is 22.2. The molecule has 2 amide bonds. The molecule has 108 valence electrons. The Bertz CT molecular complexity index is 484. The molecule has 0 saturated carbocycles. The lowest BCUT2D eigenvalue weighted by atomic mass is 10.1. The molecule has 1 aromatic rings. The smallest absolute Gasteiger partial charge is 0.335 e. The fraction of sp³-hybridized carbons (Fsp3) is 0.308. The van der Waals surface area contributed by atoms with Crippen LogP contribution in [-0.4, -0.2) is 47.7 Å². The number of benzene rings is 1. The van der Waals surface area contributed by atoms with Crippen molar-refractivity contribution < 1.29 is 24.6 Å². The molecule has 7 nitrogen and oxygen atoms in total. The molecule has 0 aliphatic rings. The Labute approximate surface area is 115 Å². The Morgan fingerprint density at radius 1 is 0.950 bits per heavy atom. The van der Waals surface area contributed by atoms with Gasteiger partial charge in [0, 0.05) is 25.1 Å². The van der Waals surface area contributed by atoms with Crippen LogP contribution >= 0.6 is 0 Å². The van der Waals surface area contributed by atoms with Crippen LogP contribution in [0, 0.1) is 0 Å². The zero-order valence-electron chi connectivity index (χ0n) is 10.8. The maximum Gasteiger partial charge on any atom is 0.335 e. The molecule has 0 unspecified atom stereocenters. The van der Waals surface area contributed by atoms with E-state index in [1.165, 1.54) is 24.3 Å². The van der Waals surface area contributed by atoms with Gasteiger partial charge in [-0.1, -0.05) is 0 Å². The fourth-order valence-corrected chi connectivity index (χ4v) is 1.44. The third-order valence-corrected chi connectivity index (χ3v) is 2.47. The van der Waals surface area contributed by atoms with Gasteiger partial charge in [0.15, 0.2) is 0 Å². The number of amides is 2. The Hall–Kier alpha value is -2.41. The van der Waals surface area contributed by atoms with Crippen molar-refractivity contribution in [3.8, 4) is 0 Å². The van der Waals surface area contributed by atoms with Crippen molar-refractivity contribution >= 4 is 17.8 Å². The van der Waals surface area contributed by atoms with Crippen LogP contribution in [0.4, 0.5) is 0 Å². The molecular formula is C13H16N2O5. The first-order chi connectivity index (χ1) is 9.54. The van der Waals surface area contributed by atoms with Crippen LogP contribution in [0.15, 0.2) is 24.3 Å². The number of carbonyl (C=O) groups is 3. The largest absolute Gasteiger partial charge is 0.478 e. The van der Waals surface area contributed by atoms with Crippen molar-refractivity contribution in [3.63, 3.8) is 0 Å². The predicted molar refractivity (Wildman–Crippen MR) is 70.4 cm³/mol. The standard InChI is InChI=1S/C13H16N2O5/c16-8-7-14-11(17)5-6-15-12(18)9-1-3-10(4-2-9)13(19)20/h1-4,16H,5-8H2,(H,14,17)(H,15,18)(H,19,20). The third kappa shape index (κ3) is 5.07. The lowest BCUT2D eigenvalue weighted by Gasteiger charge is -2.06. The lowest BCUT2D eigenvalue weighted by Crippen LogP contribution is -2.32. The summed E-state index contributed by atoms with van der Waals surface area (Å²) in [6.45, 7) is 0.217. The van der Waals surface area contributed by atoms with Crippen molar-refractivity contribution in [1.82, 2.24) is 10.6 Å². The third-order valence-electron chi connectivity index (χ3n) is 2.47. The summed E-state index contributed by atoms with van der Waals surface area (Å²) < 4.78 is 0. The summed E-state index contributed by atoms with van der Waals surface area (Å²) >= 11 is 0. The molecule has 4 N–H and O–H groups in total. The number of carbonyl (C=O) groups excluding carboxylic acids is 2. The van der Waals surface area contributed by atoms with Crippen molar-refractivity contribution in [3.05, 3.63) is 35.4 Å². The number of aliphatic hydroxyl groups is 1. The molecule has 0 aliphatic carbocycles. The van der Waals surface area contributed by atoms with Gasteiger partial charge in [0.1, 0.15) is 0 Å². The minimum Gasteiger partial charge on any atom is -0.478 e. The molecule has 1 rings (SSSR count). The number of hydrogen-bond acceptors (Lipinski definition) is 4. The number of carboxylic acid groups (broad SMARTS) is 1. The molecular weight excluding hydrogens is 264 g/mol. The van der Waals surface area contributed by atoms with Crippen molar-refractivity contribution in [2.24, 2.45) is 0 Å². The first-order valence-electron chi connectivity index (χ1n) is 6.03. The van der Waals surface area contributed by atoms with Crippen LogP contribution < -0.4 is 10.6 Å². The zero-order chi connectivity index (χ0) is 15.0. The van der Waals surface area contributed by atoms with E-state index in [4.69, 9.17) is 10.2 Å². The second-order valence-corrected chi connectivity index (χ2v) is 3.96. The molecule has 0 fully saturated rings. The van der Waals surface area contributed by atoms with E-state index in [1.54, 1.807) is 0 Å². The van der Waals surface area contributed by atoms with Crippen LogP contribution in [0.2, 0.25) is 0 Å². The maximum absolute atomic E-state index is 11.7. The van der Waals surface area contributed by atoms with E-state index in [1.807, 2.05) is 0 Å². The number of aromatic carboxylic acids is 1. The van der Waals surface area contributed by atoms with Gasteiger partial charge in [-0.15, -0.1) is 0 Å². The fourth-order valence-electron chi connectivity index (χ4n) is 1.44. The van der Waals surface area contributed by atoms with Gasteiger partial charge >= 0.3 is 5.97 Å². The molecule has 0 bridgehead atoms. The quantitative estimate of drug-likeness (QED) is 0.543. The van der Waals surface area contributed by atoms with Crippen molar-refractivity contribution in [2.75, 3.05) is 19.7 Å². The highest BCUT2D eigenvalue weighted by molar-refractivity contribution is 5.96. The first kappa shape index (κ1) is 15.6. The number of rotatable bonds is 7. The maximum atomic E-state index is 11.7. The van der Waals surface area contributed by atoms with E-state index in [-0.39, 0.29) is 43.5 Å². The van der Waals surface area contributed by atoms with E-state index in [2.05, 4.69) is 10.6 Å². The van der Waals surface area contributed by atoms with Crippen LogP contribution in [0.3, 0.4) is 0 Å². The van der Waals surface area contributed by atoms with Crippen molar-refractivity contribution in [2.45, 2.75) is 6.42 Å². The zero-order valence-corrected chi connectivity index (χ0v) is 10.8. The molecule has 0 aromatic heterocycles. The highest BCUT2D eigenvalue weighted by atomic mass is 16.4. The second-order valence-electron chi connectivity index (χ2n) is 3.96. The van der Waals surface area contributed by atoms with E-state index in [0.717, 1.165) is 0 Å². The summed E-state index contributed by atoms with van der Waals surface area (Å²) in [6, 6.07) is 5.49. The normalized spacial score (nSPS) is 9.85. The number of aliphatic hydroxyl groups excluding tert-OH is 1. The molecule has 0 atom stereocenters. The minimum absolute atomic E-state index is 0.102. The Morgan fingerprint density at radius 2 is 1.55 bits per heavy atom. The number of nitrogens with one attached hydrogen (secondary N) is 2. The summed E-state index contributed by atoms with van der Waals surface area (Å²) in [5.74, 6) is -1.70. The Kier molecular flexibility index (Phi) is 6.18. The van der Waals surface area contributed by atoms with Gasteiger partial charge in [0.25, 0.3) is 5.91 Å². The van der Waals surface area contributed by atoms with E-state index < -0.39 is 5.97 Å². The van der Waals surface area contributed by atoms with Crippen molar-refractivity contribution in [1.29, 1.82) is 0 Å². The molecule has 7 heteroatoms. The van der Waals surface area contributed by atoms with Gasteiger partial charge in [0.2, 0.25) is 5.91 Å². The summed E-state index contributed by atoms with van der Waals surface area (Å²) in [7, 11) is 0. The Morgan fingerprint density at radius 3 is 2.10 bits per heavy atom. The van der Waals surface area contributed by atoms with Gasteiger partial charge in [0.05, 0.1) is 12.2 Å². The van der Waals surface area contributed by atoms with Gasteiger partial charge in [-0.3, -0.25) is 9.59 Å². The molecule has 0 aliphatic heterocycles. The first-order valence-corrected chi connectivity index (χ1v) is 6.03. The molecule has 1 aromatic carbocycles. The van der Waals surface area contributed by atoms with Gasteiger partial charge in [-0.25, -0.2) is 4.79 Å². The predicted octanol–water partition coefficient (Wildman–Crippen LogP) is -0.387. The molecule has 0 radical (unpaired) electrons. The lowest BCUT2D eigenvalue weighted by molar-refractivity contribution is -0.121. The van der Waals surface area contributed by atoms with E-state index in [0.29, 0.717) is 5.56 Å². The second kappa shape index (κ2) is 7.90. The van der Waals surface area contributed by atoms with Crippen LogP contribution in [0.1, 0.15) is 27.1 Å². The van der Waals surface area contributed by atoms with Gasteiger partial charge in [-0.05, 0) is 24.3 Å². The molecule has 20 heavy (non-hydrogen) atoms. The van der Waals surface area contributed by atoms with Crippen LogP contribution in [0.25, 0.3) is 0 Å². The molecule has 0 heterocycles. The topological polar surface area (TPSA) is 116 Å². The summed E-state index contributed by atoms with van der Waals surface area (Å²) in [5.41, 5.74) is 0.427. The van der Waals surface area contributed by atoms with Crippen LogP contribution in [0.5, 0.6) is 0 Å². The average molecular weight is 280 g/mol. The Balaban J connectivity index is 2.39. The average Bonchev–Trinajstić information content (AvgIpc) is 2.45. The highest BCUT2D eigenvalue weighted by Gasteiger charge is 2.08. The number of hydrogen-bond donors (Lipinski definition) is 4. The molecule has 0 spiro atoms. The molecule has 0 saturated heterocycles. The number of carboxylic acids is 1.